The van der Waals surface area contributed by atoms with Gasteiger partial charge in [-0.05, 0) is 38.5 Å². The average Bonchev–Trinajstić information content (AvgIpc) is 0.824. The first-order valence-electron chi connectivity index (χ1n) is 45.2. The predicted molar refractivity (Wildman–Crippen MR) is 453 cm³/mol. The molecule has 0 spiro atoms. The first kappa shape index (κ1) is 92.3. The third-order valence-corrected chi connectivity index (χ3v) is 20.6. The van der Waals surface area contributed by atoms with Crippen molar-refractivity contribution in [1.82, 2.24) is 15.0 Å². The number of anilines is 6. The van der Waals surface area contributed by atoms with Gasteiger partial charge < -0.3 is 44.4 Å². The van der Waals surface area contributed by atoms with E-state index in [1.165, 1.54) is 308 Å². The third kappa shape index (κ3) is 52.6. The second kappa shape index (κ2) is 68.2. The third-order valence-electron chi connectivity index (χ3n) is 20.6. The Hall–Kier alpha value is -5.13. The summed E-state index contributed by atoms with van der Waals surface area (Å²) in [5.41, 5.74) is 2.31. The number of nitrogens with one attached hydrogen (secondary N) is 3. The van der Waals surface area contributed by atoms with E-state index in [1.54, 1.807) is 0 Å². The fourth-order valence-corrected chi connectivity index (χ4v) is 14.0. The van der Waals surface area contributed by atoms with E-state index in [-0.39, 0.29) is 0 Å². The molecule has 105 heavy (non-hydrogen) atoms. The van der Waals surface area contributed by atoms with E-state index in [2.05, 4.69) is 112 Å². The van der Waals surface area contributed by atoms with Crippen LogP contribution in [0.15, 0.2) is 54.6 Å². The molecule has 0 fully saturated rings. The highest BCUT2D eigenvalue weighted by Gasteiger charge is 2.15. The lowest BCUT2D eigenvalue weighted by Crippen LogP contribution is -2.08. The van der Waals surface area contributed by atoms with Crippen LogP contribution in [0.1, 0.15) is 427 Å². The lowest BCUT2D eigenvalue weighted by molar-refractivity contribution is 0.289. The highest BCUT2D eigenvalue weighted by molar-refractivity contribution is 5.66. The minimum Gasteiger partial charge on any atom is -0.493 e. The Morgan fingerprint density at radius 2 is 0.295 bits per heavy atom. The van der Waals surface area contributed by atoms with Crippen LogP contribution in [0.25, 0.3) is 0 Å². The molecule has 12 heteroatoms. The van der Waals surface area contributed by atoms with Crippen molar-refractivity contribution in [2.45, 2.75) is 427 Å². The SMILES string of the molecule is CCCCCCCCCCCCOc1cc(Nc2nc(Nc3cc(OCCCCCCCCCCCC)cc(OCCCCCCCCCCCC)c3)nc(Nc3cc(OCCCCCCCCCCCC)cc(OCCCCCCCCCCCC)c3)n2)cc(OCCCCCCCCCCCC)c1. The summed E-state index contributed by atoms with van der Waals surface area (Å²) in [4.78, 5) is 15.4. The minimum atomic E-state index is 0.360. The van der Waals surface area contributed by atoms with Crippen molar-refractivity contribution in [2.24, 2.45) is 0 Å². The maximum atomic E-state index is 6.60. The van der Waals surface area contributed by atoms with E-state index >= 15 is 0 Å². The summed E-state index contributed by atoms with van der Waals surface area (Å²) >= 11 is 0. The van der Waals surface area contributed by atoms with Gasteiger partial charge in [-0.15, -0.1) is 0 Å². The van der Waals surface area contributed by atoms with Gasteiger partial charge in [0.15, 0.2) is 0 Å². The van der Waals surface area contributed by atoms with Gasteiger partial charge in [-0.25, -0.2) is 0 Å². The molecular formula is C93H162N6O6. The molecule has 12 nitrogen and oxygen atoms in total. The zero-order valence-corrected chi connectivity index (χ0v) is 69.2. The van der Waals surface area contributed by atoms with Gasteiger partial charge in [0.25, 0.3) is 0 Å². The smallest absolute Gasteiger partial charge is 0.233 e. The number of benzene rings is 3. The molecule has 0 aliphatic rings. The van der Waals surface area contributed by atoms with Gasteiger partial charge in [0.05, 0.1) is 39.6 Å². The standard InChI is InChI=1S/C93H162N6O6/c1-7-13-19-25-31-37-43-49-55-61-67-100-85-73-82(74-86(79-85)101-68-62-56-50-44-38-32-26-20-14-8-2)94-91-97-92(95-83-75-87(102-69-63-57-51-45-39-33-27-21-15-9-3)80-88(76-83)103-70-64-58-52-46-40-34-28-22-16-10-4)99-93(98-91)96-84-77-89(104-71-65-59-53-47-41-35-29-23-17-11-5)81-90(78-84)105-72-66-60-54-48-42-36-30-24-18-12-6/h73-81H,7-72H2,1-6H3,(H3,94,95,96,97,98,99). The maximum absolute atomic E-state index is 6.60. The first-order valence-corrected chi connectivity index (χ1v) is 45.2. The van der Waals surface area contributed by atoms with Crippen LogP contribution in [-0.4, -0.2) is 54.6 Å². The minimum absolute atomic E-state index is 0.360. The van der Waals surface area contributed by atoms with E-state index in [0.717, 1.165) is 129 Å². The number of aromatic nitrogens is 3. The molecular weight excluding hydrogens is 1300 g/mol. The Kier molecular flexibility index (Phi) is 59.9. The van der Waals surface area contributed by atoms with E-state index in [9.17, 15) is 0 Å². The number of hydrogen-bond acceptors (Lipinski definition) is 12. The average molecular weight is 1460 g/mol. The van der Waals surface area contributed by atoms with Crippen LogP contribution in [0.3, 0.4) is 0 Å². The Morgan fingerprint density at radius 1 is 0.171 bits per heavy atom. The summed E-state index contributed by atoms with van der Waals surface area (Å²) in [5.74, 6) is 5.66. The summed E-state index contributed by atoms with van der Waals surface area (Å²) in [6.45, 7) is 17.6. The summed E-state index contributed by atoms with van der Waals surface area (Å²) in [7, 11) is 0. The highest BCUT2D eigenvalue weighted by Crippen LogP contribution is 2.34. The van der Waals surface area contributed by atoms with Crippen molar-refractivity contribution in [2.75, 3.05) is 55.6 Å². The molecule has 0 saturated heterocycles. The number of hydrogen-bond donors (Lipinski definition) is 3. The van der Waals surface area contributed by atoms with Gasteiger partial charge in [-0.1, -0.05) is 388 Å². The monoisotopic (exact) mass is 1460 g/mol. The zero-order valence-electron chi connectivity index (χ0n) is 69.2. The fraction of sp³-hybridized carbons (Fsp3) is 0.774. The molecule has 0 atom stereocenters. The highest BCUT2D eigenvalue weighted by atomic mass is 16.5. The van der Waals surface area contributed by atoms with E-state index in [0.29, 0.717) is 57.5 Å². The van der Waals surface area contributed by atoms with Gasteiger partial charge >= 0.3 is 0 Å². The van der Waals surface area contributed by atoms with Gasteiger partial charge in [0.2, 0.25) is 17.8 Å². The molecule has 0 radical (unpaired) electrons. The Balaban J connectivity index is 1.66. The molecule has 0 saturated carbocycles. The summed E-state index contributed by atoms with van der Waals surface area (Å²) in [6.07, 6.45) is 76.6. The maximum Gasteiger partial charge on any atom is 0.233 e. The summed E-state index contributed by atoms with van der Waals surface area (Å²) in [5, 5.41) is 10.9. The van der Waals surface area contributed by atoms with Crippen molar-refractivity contribution >= 4 is 34.9 Å². The van der Waals surface area contributed by atoms with Gasteiger partial charge in [0.1, 0.15) is 34.5 Å². The largest absolute Gasteiger partial charge is 0.493 e. The first-order chi connectivity index (χ1) is 51.9. The van der Waals surface area contributed by atoms with Crippen LogP contribution in [0, 0.1) is 0 Å². The van der Waals surface area contributed by atoms with E-state index < -0.39 is 0 Å². The molecule has 0 aliphatic carbocycles. The van der Waals surface area contributed by atoms with Gasteiger partial charge in [0, 0.05) is 71.7 Å². The molecule has 4 rings (SSSR count). The Morgan fingerprint density at radius 3 is 0.429 bits per heavy atom. The molecule has 3 N–H and O–H groups in total. The molecule has 0 bridgehead atoms. The van der Waals surface area contributed by atoms with Crippen LogP contribution in [-0.2, 0) is 0 Å². The van der Waals surface area contributed by atoms with Gasteiger partial charge in [-0.2, -0.15) is 15.0 Å². The lowest BCUT2D eigenvalue weighted by atomic mass is 10.1. The molecule has 1 heterocycles. The fourth-order valence-electron chi connectivity index (χ4n) is 14.0. The van der Waals surface area contributed by atoms with Crippen LogP contribution < -0.4 is 44.4 Å². The van der Waals surface area contributed by atoms with Crippen molar-refractivity contribution in [1.29, 1.82) is 0 Å². The molecule has 0 unspecified atom stereocenters. The number of unbranched alkanes of at least 4 members (excludes halogenated alkanes) is 54. The normalized spacial score (nSPS) is 11.4. The van der Waals surface area contributed by atoms with E-state index in [1.807, 2.05) is 0 Å². The van der Waals surface area contributed by atoms with Crippen LogP contribution in [0.4, 0.5) is 34.9 Å². The van der Waals surface area contributed by atoms with Crippen molar-refractivity contribution in [3.8, 4) is 34.5 Å². The second-order valence-corrected chi connectivity index (χ2v) is 30.9. The van der Waals surface area contributed by atoms with Crippen molar-refractivity contribution in [3.63, 3.8) is 0 Å². The zero-order chi connectivity index (χ0) is 74.4. The van der Waals surface area contributed by atoms with Crippen LogP contribution >= 0.6 is 0 Å². The number of ether oxygens (including phenoxy) is 6. The molecule has 4 aromatic rings. The summed E-state index contributed by atoms with van der Waals surface area (Å²) < 4.78 is 39.6. The molecule has 600 valence electrons. The summed E-state index contributed by atoms with van der Waals surface area (Å²) in [6, 6.07) is 18.5. The second-order valence-electron chi connectivity index (χ2n) is 30.9. The van der Waals surface area contributed by atoms with Crippen LogP contribution in [0.5, 0.6) is 34.5 Å². The van der Waals surface area contributed by atoms with Crippen molar-refractivity contribution < 1.29 is 28.4 Å². The number of rotatable bonds is 78. The number of nitrogens with zero attached hydrogens (tertiary/aromatic N) is 3. The topological polar surface area (TPSA) is 130 Å². The van der Waals surface area contributed by atoms with Crippen molar-refractivity contribution in [3.05, 3.63) is 54.6 Å². The predicted octanol–water partition coefficient (Wildman–Crippen LogP) is 30.9. The van der Waals surface area contributed by atoms with Gasteiger partial charge in [-0.3, -0.25) is 0 Å². The molecule has 1 aromatic heterocycles. The Labute approximate surface area is 646 Å². The molecule has 0 amide bonds. The van der Waals surface area contributed by atoms with Crippen LogP contribution in [0.2, 0.25) is 0 Å². The lowest BCUT2D eigenvalue weighted by Gasteiger charge is -2.16. The quantitative estimate of drug-likeness (QED) is 0.0364. The molecule has 3 aromatic carbocycles. The van der Waals surface area contributed by atoms with E-state index in [4.69, 9.17) is 43.4 Å². The molecule has 0 aliphatic heterocycles. The Bertz CT molecular complexity index is 2160.